The van der Waals surface area contributed by atoms with Crippen molar-refractivity contribution >= 4 is 23.2 Å². The molecule has 1 rings (SSSR count). The van der Waals surface area contributed by atoms with Crippen LogP contribution in [0, 0.1) is 6.92 Å². The van der Waals surface area contributed by atoms with Crippen LogP contribution >= 0.6 is 11.6 Å². The fraction of sp³-hybridized carbons (Fsp3) is 0.462. The van der Waals surface area contributed by atoms with Crippen molar-refractivity contribution in [1.82, 2.24) is 0 Å². The molecule has 3 nitrogen and oxygen atoms in total. The molecule has 0 heterocycles. The van der Waals surface area contributed by atoms with Crippen molar-refractivity contribution < 1.29 is 4.79 Å². The number of amides is 1. The van der Waals surface area contributed by atoms with Crippen LogP contribution in [0.25, 0.3) is 0 Å². The van der Waals surface area contributed by atoms with Crippen molar-refractivity contribution in [1.29, 1.82) is 0 Å². The van der Waals surface area contributed by atoms with Gasteiger partial charge >= 0.3 is 0 Å². The first-order valence-electron chi connectivity index (χ1n) is 5.63. The van der Waals surface area contributed by atoms with Gasteiger partial charge in [-0.1, -0.05) is 11.6 Å². The van der Waals surface area contributed by atoms with Gasteiger partial charge in [0.2, 0.25) is 5.91 Å². The number of halogens is 1. The number of carbonyl (C=O) groups excluding carboxylic acids is 1. The van der Waals surface area contributed by atoms with Gasteiger partial charge < -0.3 is 11.1 Å². The van der Waals surface area contributed by atoms with Gasteiger partial charge in [0, 0.05) is 22.7 Å². The van der Waals surface area contributed by atoms with Crippen LogP contribution in [-0.4, -0.2) is 11.4 Å². The molecule has 94 valence electrons. The van der Waals surface area contributed by atoms with Crippen molar-refractivity contribution in [3.05, 3.63) is 28.8 Å². The zero-order valence-corrected chi connectivity index (χ0v) is 11.3. The molecule has 4 heteroatoms. The van der Waals surface area contributed by atoms with Gasteiger partial charge in [0.1, 0.15) is 0 Å². The molecular weight excluding hydrogens is 236 g/mol. The third-order valence-electron chi connectivity index (χ3n) is 2.46. The van der Waals surface area contributed by atoms with E-state index in [1.165, 1.54) is 0 Å². The monoisotopic (exact) mass is 254 g/mol. The second-order valence-electron chi connectivity index (χ2n) is 5.00. The molecule has 0 radical (unpaired) electrons. The average Bonchev–Trinajstić information content (AvgIpc) is 2.18. The Kier molecular flexibility index (Phi) is 4.54. The van der Waals surface area contributed by atoms with E-state index >= 15 is 0 Å². The van der Waals surface area contributed by atoms with Crippen LogP contribution in [0.4, 0.5) is 5.69 Å². The Morgan fingerprint density at radius 1 is 1.47 bits per heavy atom. The van der Waals surface area contributed by atoms with Crippen molar-refractivity contribution in [3.63, 3.8) is 0 Å². The Bertz CT molecular complexity index is 410. The Labute approximate surface area is 107 Å². The summed E-state index contributed by atoms with van der Waals surface area (Å²) in [5.41, 5.74) is 7.27. The second kappa shape index (κ2) is 5.52. The molecule has 0 saturated carbocycles. The predicted octanol–water partition coefficient (Wildman–Crippen LogP) is 3.10. The highest BCUT2D eigenvalue weighted by molar-refractivity contribution is 6.30. The summed E-state index contributed by atoms with van der Waals surface area (Å²) in [6, 6.07) is 5.39. The number of hydrogen-bond donors (Lipinski definition) is 2. The highest BCUT2D eigenvalue weighted by atomic mass is 35.5. The summed E-state index contributed by atoms with van der Waals surface area (Å²) in [4.78, 5) is 11.7. The van der Waals surface area contributed by atoms with Gasteiger partial charge in [-0.3, -0.25) is 4.79 Å². The van der Waals surface area contributed by atoms with E-state index in [4.69, 9.17) is 17.3 Å². The fourth-order valence-corrected chi connectivity index (χ4v) is 1.64. The van der Waals surface area contributed by atoms with Crippen LogP contribution in [0.5, 0.6) is 0 Å². The first-order valence-corrected chi connectivity index (χ1v) is 6.00. The van der Waals surface area contributed by atoms with Gasteiger partial charge in [0.15, 0.2) is 0 Å². The van der Waals surface area contributed by atoms with Crippen molar-refractivity contribution in [2.45, 2.75) is 39.2 Å². The number of rotatable bonds is 4. The lowest BCUT2D eigenvalue weighted by Crippen LogP contribution is -2.33. The van der Waals surface area contributed by atoms with Crippen LogP contribution < -0.4 is 11.1 Å². The first kappa shape index (κ1) is 14.0. The van der Waals surface area contributed by atoms with Gasteiger partial charge in [0.05, 0.1) is 0 Å². The third kappa shape index (κ3) is 5.20. The number of hydrogen-bond acceptors (Lipinski definition) is 2. The van der Waals surface area contributed by atoms with E-state index in [9.17, 15) is 4.79 Å². The first-order chi connectivity index (χ1) is 7.78. The van der Waals surface area contributed by atoms with E-state index < -0.39 is 0 Å². The van der Waals surface area contributed by atoms with E-state index in [2.05, 4.69) is 5.32 Å². The Morgan fingerprint density at radius 2 is 2.12 bits per heavy atom. The van der Waals surface area contributed by atoms with Crippen LogP contribution in [0.2, 0.25) is 5.02 Å². The van der Waals surface area contributed by atoms with E-state index in [-0.39, 0.29) is 11.4 Å². The minimum atomic E-state index is -0.313. The van der Waals surface area contributed by atoms with E-state index in [0.29, 0.717) is 17.9 Å². The number of benzene rings is 1. The van der Waals surface area contributed by atoms with Crippen molar-refractivity contribution in [2.75, 3.05) is 5.32 Å². The average molecular weight is 255 g/mol. The molecule has 0 aliphatic carbocycles. The summed E-state index contributed by atoms with van der Waals surface area (Å²) < 4.78 is 0. The molecule has 0 saturated heterocycles. The molecule has 0 atom stereocenters. The number of nitrogens with one attached hydrogen (secondary N) is 1. The van der Waals surface area contributed by atoms with Crippen LogP contribution in [-0.2, 0) is 4.79 Å². The standard InChI is InChI=1S/C13H19ClN2O/c1-9-8-10(14)4-5-11(9)16-12(17)6-7-13(2,3)15/h4-5,8H,6-7,15H2,1-3H3,(H,16,17). The zero-order chi connectivity index (χ0) is 13.1. The molecule has 0 unspecified atom stereocenters. The lowest BCUT2D eigenvalue weighted by atomic mass is 10.00. The molecule has 1 amide bonds. The topological polar surface area (TPSA) is 55.1 Å². The Morgan fingerprint density at radius 3 is 2.65 bits per heavy atom. The molecule has 1 aromatic carbocycles. The van der Waals surface area contributed by atoms with Gasteiger partial charge in [0.25, 0.3) is 0 Å². The predicted molar refractivity (Wildman–Crippen MR) is 72.3 cm³/mol. The summed E-state index contributed by atoms with van der Waals surface area (Å²) in [5.74, 6) is -0.0195. The number of nitrogens with two attached hydrogens (primary N) is 1. The highest BCUT2D eigenvalue weighted by Gasteiger charge is 2.13. The molecular formula is C13H19ClN2O. The van der Waals surface area contributed by atoms with E-state index in [0.717, 1.165) is 11.3 Å². The minimum Gasteiger partial charge on any atom is -0.326 e. The summed E-state index contributed by atoms with van der Waals surface area (Å²) >= 11 is 5.85. The van der Waals surface area contributed by atoms with Crippen molar-refractivity contribution in [2.24, 2.45) is 5.73 Å². The van der Waals surface area contributed by atoms with Gasteiger partial charge in [-0.05, 0) is 51.0 Å². The maximum atomic E-state index is 11.7. The van der Waals surface area contributed by atoms with Crippen LogP contribution in [0.15, 0.2) is 18.2 Å². The molecule has 1 aromatic rings. The van der Waals surface area contributed by atoms with Crippen molar-refractivity contribution in [3.8, 4) is 0 Å². The molecule has 0 aliphatic rings. The number of anilines is 1. The Balaban J connectivity index is 2.57. The molecule has 0 spiro atoms. The highest BCUT2D eigenvalue weighted by Crippen LogP contribution is 2.20. The van der Waals surface area contributed by atoms with Gasteiger partial charge in [-0.15, -0.1) is 0 Å². The summed E-state index contributed by atoms with van der Waals surface area (Å²) in [7, 11) is 0. The smallest absolute Gasteiger partial charge is 0.224 e. The molecule has 3 N–H and O–H groups in total. The van der Waals surface area contributed by atoms with Gasteiger partial charge in [-0.2, -0.15) is 0 Å². The number of carbonyl (C=O) groups is 1. The fourth-order valence-electron chi connectivity index (χ4n) is 1.42. The maximum absolute atomic E-state index is 11.7. The van der Waals surface area contributed by atoms with E-state index in [1.807, 2.05) is 32.9 Å². The van der Waals surface area contributed by atoms with Gasteiger partial charge in [-0.25, -0.2) is 0 Å². The lowest BCUT2D eigenvalue weighted by Gasteiger charge is -2.17. The molecule has 0 aromatic heterocycles. The van der Waals surface area contributed by atoms with E-state index in [1.54, 1.807) is 6.07 Å². The lowest BCUT2D eigenvalue weighted by molar-refractivity contribution is -0.116. The maximum Gasteiger partial charge on any atom is 0.224 e. The molecule has 0 fully saturated rings. The zero-order valence-electron chi connectivity index (χ0n) is 10.5. The Hall–Kier alpha value is -1.06. The second-order valence-corrected chi connectivity index (χ2v) is 5.43. The van der Waals surface area contributed by atoms with Crippen LogP contribution in [0.3, 0.4) is 0 Å². The summed E-state index contributed by atoms with van der Waals surface area (Å²) in [5, 5.41) is 3.53. The minimum absolute atomic E-state index is 0.0195. The largest absolute Gasteiger partial charge is 0.326 e. The molecule has 0 bridgehead atoms. The SMILES string of the molecule is Cc1cc(Cl)ccc1NC(=O)CCC(C)(C)N. The number of aryl methyl sites for hydroxylation is 1. The quantitative estimate of drug-likeness (QED) is 0.868. The van der Waals surface area contributed by atoms with Crippen LogP contribution in [0.1, 0.15) is 32.3 Å². The molecule has 0 aliphatic heterocycles. The summed E-state index contributed by atoms with van der Waals surface area (Å²) in [6.45, 7) is 5.73. The normalized spacial score (nSPS) is 11.4. The molecule has 17 heavy (non-hydrogen) atoms. The summed E-state index contributed by atoms with van der Waals surface area (Å²) in [6.07, 6.45) is 1.08. The third-order valence-corrected chi connectivity index (χ3v) is 2.69.